The lowest BCUT2D eigenvalue weighted by Gasteiger charge is -2.31. The molecule has 0 aliphatic carbocycles. The van der Waals surface area contributed by atoms with Gasteiger partial charge in [0, 0.05) is 6.04 Å². The molecule has 0 aliphatic rings. The molecule has 1 aromatic rings. The summed E-state index contributed by atoms with van der Waals surface area (Å²) in [4.78, 5) is 0. The topological polar surface area (TPSA) is 12.0 Å². The molecule has 0 aromatic heterocycles. The van der Waals surface area contributed by atoms with E-state index in [1.54, 1.807) is 6.07 Å². The van der Waals surface area contributed by atoms with Crippen molar-refractivity contribution in [1.82, 2.24) is 5.32 Å². The number of halogens is 2. The van der Waals surface area contributed by atoms with Gasteiger partial charge in [-0.2, -0.15) is 0 Å². The smallest absolute Gasteiger partial charge is 0.159 e. The van der Waals surface area contributed by atoms with Crippen LogP contribution in [0.3, 0.4) is 0 Å². The summed E-state index contributed by atoms with van der Waals surface area (Å²) in [5, 5.41) is 3.45. The zero-order valence-electron chi connectivity index (χ0n) is 13.3. The summed E-state index contributed by atoms with van der Waals surface area (Å²) >= 11 is 0. The molecule has 1 nitrogen and oxygen atoms in total. The van der Waals surface area contributed by atoms with E-state index in [9.17, 15) is 8.78 Å². The largest absolute Gasteiger partial charge is 0.314 e. The normalized spacial score (nSPS) is 15.2. The first-order chi connectivity index (χ1) is 9.24. The Bertz CT molecular complexity index is 423. The molecule has 0 bridgehead atoms. The third kappa shape index (κ3) is 5.20. The molecular weight excluding hydrogens is 256 g/mol. The summed E-state index contributed by atoms with van der Waals surface area (Å²) in [5.74, 6) is -0.990. The molecule has 2 atom stereocenters. The highest BCUT2D eigenvalue weighted by Gasteiger charge is 2.23. The average molecular weight is 283 g/mol. The minimum atomic E-state index is -0.781. The lowest BCUT2D eigenvalue weighted by Crippen LogP contribution is -2.35. The van der Waals surface area contributed by atoms with Crippen LogP contribution >= 0.6 is 0 Å². The van der Waals surface area contributed by atoms with E-state index < -0.39 is 11.6 Å². The number of nitrogens with one attached hydrogen (secondary N) is 1. The van der Waals surface area contributed by atoms with Crippen molar-refractivity contribution in [3.8, 4) is 0 Å². The first-order valence-electron chi connectivity index (χ1n) is 7.41. The van der Waals surface area contributed by atoms with Crippen LogP contribution in [0.25, 0.3) is 0 Å². The van der Waals surface area contributed by atoms with Gasteiger partial charge < -0.3 is 5.32 Å². The van der Waals surface area contributed by atoms with Crippen LogP contribution < -0.4 is 5.32 Å². The van der Waals surface area contributed by atoms with Gasteiger partial charge in [-0.15, -0.1) is 0 Å². The van der Waals surface area contributed by atoms with Gasteiger partial charge in [-0.05, 0) is 48.4 Å². The molecule has 20 heavy (non-hydrogen) atoms. The summed E-state index contributed by atoms with van der Waals surface area (Å²) < 4.78 is 26.2. The summed E-state index contributed by atoms with van der Waals surface area (Å²) in [7, 11) is 0. The molecule has 1 aromatic carbocycles. The van der Waals surface area contributed by atoms with Gasteiger partial charge in [0.2, 0.25) is 0 Å². The van der Waals surface area contributed by atoms with Gasteiger partial charge in [-0.3, -0.25) is 0 Å². The second-order valence-electron chi connectivity index (χ2n) is 6.71. The van der Waals surface area contributed by atoms with Gasteiger partial charge in [0.1, 0.15) is 0 Å². The van der Waals surface area contributed by atoms with E-state index in [4.69, 9.17) is 0 Å². The molecule has 0 spiro atoms. The predicted octanol–water partition coefficient (Wildman–Crippen LogP) is 4.56. The molecule has 0 saturated heterocycles. The van der Waals surface area contributed by atoms with Crippen LogP contribution in [-0.4, -0.2) is 12.6 Å². The van der Waals surface area contributed by atoms with Crippen molar-refractivity contribution >= 4 is 0 Å². The first kappa shape index (κ1) is 17.1. The molecule has 0 saturated carbocycles. The summed E-state index contributed by atoms with van der Waals surface area (Å²) in [5.41, 5.74) is 1.10. The Kier molecular flexibility index (Phi) is 6.12. The van der Waals surface area contributed by atoms with Crippen LogP contribution in [-0.2, 0) is 6.42 Å². The van der Waals surface area contributed by atoms with Crippen molar-refractivity contribution in [2.75, 3.05) is 6.54 Å². The van der Waals surface area contributed by atoms with E-state index in [0.29, 0.717) is 12.0 Å². The molecule has 3 heteroatoms. The molecule has 0 amide bonds. The summed E-state index contributed by atoms with van der Waals surface area (Å²) in [6.45, 7) is 11.9. The molecular formula is C17H27F2N. The zero-order valence-corrected chi connectivity index (χ0v) is 13.3. The van der Waals surface area contributed by atoms with Gasteiger partial charge in [-0.1, -0.05) is 40.7 Å². The number of likely N-dealkylation sites (N-methyl/N-ethyl adjacent to an activating group) is 1. The molecule has 0 heterocycles. The molecule has 0 fully saturated rings. The van der Waals surface area contributed by atoms with Gasteiger partial charge in [-0.25, -0.2) is 8.78 Å². The summed E-state index contributed by atoms with van der Waals surface area (Å²) in [6.07, 6.45) is 1.75. The highest BCUT2D eigenvalue weighted by molar-refractivity contribution is 5.18. The van der Waals surface area contributed by atoms with Crippen molar-refractivity contribution in [1.29, 1.82) is 0 Å². The van der Waals surface area contributed by atoms with E-state index in [1.165, 1.54) is 12.1 Å². The average Bonchev–Trinajstić information content (AvgIpc) is 2.33. The lowest BCUT2D eigenvalue weighted by atomic mass is 9.78. The Hall–Kier alpha value is -0.960. The van der Waals surface area contributed by atoms with E-state index in [1.807, 2.05) is 0 Å². The fourth-order valence-corrected chi connectivity index (χ4v) is 2.26. The highest BCUT2D eigenvalue weighted by atomic mass is 19.2. The molecule has 2 unspecified atom stereocenters. The number of rotatable bonds is 6. The Morgan fingerprint density at radius 1 is 1.15 bits per heavy atom. The van der Waals surface area contributed by atoms with E-state index in [0.717, 1.165) is 24.9 Å². The number of hydrogen-bond acceptors (Lipinski definition) is 1. The maximum atomic E-state index is 13.3. The van der Waals surface area contributed by atoms with Crippen molar-refractivity contribution in [2.24, 2.45) is 11.3 Å². The van der Waals surface area contributed by atoms with Crippen LogP contribution in [0.5, 0.6) is 0 Å². The van der Waals surface area contributed by atoms with E-state index in [-0.39, 0.29) is 5.41 Å². The van der Waals surface area contributed by atoms with Crippen molar-refractivity contribution < 1.29 is 8.78 Å². The second kappa shape index (κ2) is 7.16. The van der Waals surface area contributed by atoms with Crippen LogP contribution in [0.15, 0.2) is 18.2 Å². The quantitative estimate of drug-likeness (QED) is 0.807. The Morgan fingerprint density at radius 3 is 2.30 bits per heavy atom. The number of benzene rings is 1. The predicted molar refractivity (Wildman–Crippen MR) is 80.8 cm³/mol. The maximum absolute atomic E-state index is 13.3. The van der Waals surface area contributed by atoms with Gasteiger partial charge in [0.05, 0.1) is 0 Å². The van der Waals surface area contributed by atoms with Crippen molar-refractivity contribution in [3.05, 3.63) is 35.4 Å². The lowest BCUT2D eigenvalue weighted by molar-refractivity contribution is 0.222. The zero-order chi connectivity index (χ0) is 15.3. The third-order valence-electron chi connectivity index (χ3n) is 4.08. The Labute approximate surface area is 121 Å². The van der Waals surface area contributed by atoms with Gasteiger partial charge in [0.25, 0.3) is 0 Å². The SMILES string of the molecule is CCNC(Cc1ccc(F)c(F)c1)CC(C)C(C)(C)C. The van der Waals surface area contributed by atoms with Crippen LogP contribution in [0.4, 0.5) is 8.78 Å². The van der Waals surface area contributed by atoms with E-state index in [2.05, 4.69) is 39.9 Å². The second-order valence-corrected chi connectivity index (χ2v) is 6.71. The fraction of sp³-hybridized carbons (Fsp3) is 0.647. The molecule has 1 N–H and O–H groups in total. The molecule has 0 aliphatic heterocycles. The van der Waals surface area contributed by atoms with Gasteiger partial charge >= 0.3 is 0 Å². The molecule has 1 rings (SSSR count). The van der Waals surface area contributed by atoms with Crippen LogP contribution in [0.2, 0.25) is 0 Å². The highest BCUT2D eigenvalue weighted by Crippen LogP contribution is 2.29. The fourth-order valence-electron chi connectivity index (χ4n) is 2.26. The minimum absolute atomic E-state index is 0.252. The maximum Gasteiger partial charge on any atom is 0.159 e. The Morgan fingerprint density at radius 2 is 1.80 bits per heavy atom. The van der Waals surface area contributed by atoms with Gasteiger partial charge in [0.15, 0.2) is 11.6 Å². The van der Waals surface area contributed by atoms with E-state index >= 15 is 0 Å². The standard InChI is InChI=1S/C17H27F2N/c1-6-20-14(9-12(2)17(3,4)5)10-13-7-8-15(18)16(19)11-13/h7-8,11-12,14,20H,6,9-10H2,1-5H3. The third-order valence-corrected chi connectivity index (χ3v) is 4.08. The number of hydrogen-bond donors (Lipinski definition) is 1. The molecule has 0 radical (unpaired) electrons. The molecule has 114 valence electrons. The van der Waals surface area contributed by atoms with Crippen molar-refractivity contribution in [3.63, 3.8) is 0 Å². The monoisotopic (exact) mass is 283 g/mol. The van der Waals surface area contributed by atoms with Crippen LogP contribution in [0.1, 0.15) is 46.6 Å². The summed E-state index contributed by atoms with van der Waals surface area (Å²) in [6, 6.07) is 4.48. The minimum Gasteiger partial charge on any atom is -0.314 e. The first-order valence-corrected chi connectivity index (χ1v) is 7.41. The van der Waals surface area contributed by atoms with Crippen molar-refractivity contribution in [2.45, 2.75) is 53.5 Å². The Balaban J connectivity index is 2.73. The van der Waals surface area contributed by atoms with Crippen LogP contribution in [0, 0.1) is 23.0 Å².